The van der Waals surface area contributed by atoms with E-state index in [1.165, 1.54) is 51.4 Å². The van der Waals surface area contributed by atoms with Crippen LogP contribution in [0.5, 0.6) is 0 Å². The number of ether oxygens (including phenoxy) is 2. The molecular formula is C26H53NO8P+. The minimum Gasteiger partial charge on any atom is -0.462 e. The standard InChI is InChI=1S/C26H52NO8P/c1-6-8-9-10-11-12-13-14-15-16-17-19-25(28)32-22-24(35-26(29)18-7-2)23-34-36(30,31)33-21-20-27(3,4)5/h24H,6-23H2,1-5H3/p+1/t24-/m1/s1. The van der Waals surface area contributed by atoms with Gasteiger partial charge in [0.05, 0.1) is 27.7 Å². The van der Waals surface area contributed by atoms with Crippen LogP contribution in [0, 0.1) is 0 Å². The van der Waals surface area contributed by atoms with E-state index >= 15 is 0 Å². The van der Waals surface area contributed by atoms with Crippen molar-refractivity contribution in [2.24, 2.45) is 0 Å². The van der Waals surface area contributed by atoms with Crippen LogP contribution >= 0.6 is 7.82 Å². The van der Waals surface area contributed by atoms with Gasteiger partial charge in [0.1, 0.15) is 19.8 Å². The average molecular weight is 539 g/mol. The van der Waals surface area contributed by atoms with Crippen LogP contribution in [0.4, 0.5) is 0 Å². The number of phosphoric ester groups is 1. The maximum absolute atomic E-state index is 12.1. The number of unbranched alkanes of at least 4 members (excludes halogenated alkanes) is 10. The van der Waals surface area contributed by atoms with Crippen LogP contribution in [0.3, 0.4) is 0 Å². The molecule has 0 aromatic carbocycles. The van der Waals surface area contributed by atoms with Crippen molar-refractivity contribution in [3.63, 3.8) is 0 Å². The molecule has 0 radical (unpaired) electrons. The molecule has 36 heavy (non-hydrogen) atoms. The third kappa shape index (κ3) is 23.4. The van der Waals surface area contributed by atoms with Crippen molar-refractivity contribution >= 4 is 19.8 Å². The summed E-state index contributed by atoms with van der Waals surface area (Å²) in [7, 11) is 1.47. The van der Waals surface area contributed by atoms with E-state index in [9.17, 15) is 19.0 Å². The molecule has 214 valence electrons. The van der Waals surface area contributed by atoms with Crippen LogP contribution in [0.25, 0.3) is 0 Å². The number of carbonyl (C=O) groups excluding carboxylic acids is 2. The second kappa shape index (κ2) is 21.0. The minimum atomic E-state index is -4.32. The van der Waals surface area contributed by atoms with Crippen molar-refractivity contribution in [3.8, 4) is 0 Å². The molecule has 0 heterocycles. The number of hydrogen-bond donors (Lipinski definition) is 1. The monoisotopic (exact) mass is 538 g/mol. The second-order valence-corrected chi connectivity index (χ2v) is 11.9. The highest BCUT2D eigenvalue weighted by Crippen LogP contribution is 2.43. The molecule has 0 aromatic rings. The van der Waals surface area contributed by atoms with E-state index in [1.807, 2.05) is 28.1 Å². The molecule has 0 aliphatic carbocycles. The number of likely N-dealkylation sites (N-methyl/N-ethyl adjacent to an activating group) is 1. The first-order valence-electron chi connectivity index (χ1n) is 13.8. The van der Waals surface area contributed by atoms with E-state index in [1.54, 1.807) is 0 Å². The lowest BCUT2D eigenvalue weighted by Crippen LogP contribution is -2.37. The van der Waals surface area contributed by atoms with Gasteiger partial charge in [-0.3, -0.25) is 18.6 Å². The molecule has 0 saturated carbocycles. The van der Waals surface area contributed by atoms with E-state index in [0.717, 1.165) is 19.3 Å². The first-order valence-corrected chi connectivity index (χ1v) is 15.3. The summed E-state index contributed by atoms with van der Waals surface area (Å²) in [5.41, 5.74) is 0. The third-order valence-corrected chi connectivity index (χ3v) is 6.59. The molecule has 0 amide bonds. The number of carbonyl (C=O) groups is 2. The number of quaternary nitrogens is 1. The zero-order chi connectivity index (χ0) is 27.3. The first-order chi connectivity index (χ1) is 17.0. The molecule has 0 aliphatic rings. The number of hydrogen-bond acceptors (Lipinski definition) is 7. The SMILES string of the molecule is CCCCCCCCCCCCCC(=O)OC[C@H](COP(=O)(O)OCC[N+](C)(C)C)OC(=O)CCC. The van der Waals surface area contributed by atoms with Gasteiger partial charge in [-0.1, -0.05) is 78.1 Å². The van der Waals surface area contributed by atoms with Gasteiger partial charge in [-0.05, 0) is 12.8 Å². The Morgan fingerprint density at radius 1 is 0.750 bits per heavy atom. The van der Waals surface area contributed by atoms with Crippen molar-refractivity contribution in [2.45, 2.75) is 110 Å². The van der Waals surface area contributed by atoms with Crippen LogP contribution in [0.1, 0.15) is 104 Å². The fourth-order valence-electron chi connectivity index (χ4n) is 3.40. The Balaban J connectivity index is 4.23. The molecule has 0 rings (SSSR count). The lowest BCUT2D eigenvalue weighted by Gasteiger charge is -2.24. The Morgan fingerprint density at radius 2 is 1.31 bits per heavy atom. The van der Waals surface area contributed by atoms with Crippen LogP contribution in [-0.2, 0) is 32.7 Å². The number of esters is 2. The van der Waals surface area contributed by atoms with E-state index in [0.29, 0.717) is 23.9 Å². The van der Waals surface area contributed by atoms with Crippen molar-refractivity contribution in [2.75, 3.05) is 47.5 Å². The molecule has 0 aliphatic heterocycles. The van der Waals surface area contributed by atoms with E-state index in [-0.39, 0.29) is 25.6 Å². The zero-order valence-corrected chi connectivity index (χ0v) is 24.4. The number of rotatable bonds is 24. The summed E-state index contributed by atoms with van der Waals surface area (Å²) in [6.45, 7) is 3.98. The Labute approximate surface area is 219 Å². The molecule has 0 saturated heterocycles. The van der Waals surface area contributed by atoms with Gasteiger partial charge < -0.3 is 18.9 Å². The molecule has 0 spiro atoms. The molecule has 9 nitrogen and oxygen atoms in total. The molecule has 0 bridgehead atoms. The summed E-state index contributed by atoms with van der Waals surface area (Å²) in [5.74, 6) is -0.861. The van der Waals surface area contributed by atoms with Gasteiger partial charge in [0, 0.05) is 12.8 Å². The van der Waals surface area contributed by atoms with Crippen molar-refractivity contribution in [1.82, 2.24) is 0 Å². The van der Waals surface area contributed by atoms with Gasteiger partial charge in [-0.25, -0.2) is 4.57 Å². The third-order valence-electron chi connectivity index (χ3n) is 5.61. The minimum absolute atomic E-state index is 0.0332. The van der Waals surface area contributed by atoms with Gasteiger partial charge in [-0.15, -0.1) is 0 Å². The molecule has 1 N–H and O–H groups in total. The van der Waals surface area contributed by atoms with Crippen molar-refractivity contribution in [3.05, 3.63) is 0 Å². The highest BCUT2D eigenvalue weighted by Gasteiger charge is 2.26. The van der Waals surface area contributed by atoms with Crippen molar-refractivity contribution < 1.29 is 42.1 Å². The zero-order valence-electron chi connectivity index (χ0n) is 23.5. The quantitative estimate of drug-likeness (QED) is 0.0713. The predicted molar refractivity (Wildman–Crippen MR) is 141 cm³/mol. The Morgan fingerprint density at radius 3 is 1.83 bits per heavy atom. The lowest BCUT2D eigenvalue weighted by molar-refractivity contribution is -0.870. The second-order valence-electron chi connectivity index (χ2n) is 10.4. The summed E-state index contributed by atoms with van der Waals surface area (Å²) in [5, 5.41) is 0. The maximum Gasteiger partial charge on any atom is 0.472 e. The van der Waals surface area contributed by atoms with Gasteiger partial charge in [0.25, 0.3) is 0 Å². The topological polar surface area (TPSA) is 108 Å². The van der Waals surface area contributed by atoms with Gasteiger partial charge in [0.15, 0.2) is 6.10 Å². The predicted octanol–water partition coefficient (Wildman–Crippen LogP) is 5.78. The average Bonchev–Trinajstić information content (AvgIpc) is 2.78. The van der Waals surface area contributed by atoms with Crippen LogP contribution in [-0.4, -0.2) is 74.9 Å². The Kier molecular flexibility index (Phi) is 20.4. The van der Waals surface area contributed by atoms with Crippen LogP contribution < -0.4 is 0 Å². The summed E-state index contributed by atoms with van der Waals surface area (Å²) in [6, 6.07) is 0. The Hall–Kier alpha value is -0.990. The smallest absolute Gasteiger partial charge is 0.462 e. The van der Waals surface area contributed by atoms with Gasteiger partial charge >= 0.3 is 19.8 Å². The number of nitrogens with zero attached hydrogens (tertiary/aromatic N) is 1. The molecule has 1 unspecified atom stereocenters. The largest absolute Gasteiger partial charge is 0.472 e. The molecule has 2 atom stereocenters. The van der Waals surface area contributed by atoms with Gasteiger partial charge in [0.2, 0.25) is 0 Å². The van der Waals surface area contributed by atoms with Crippen LogP contribution in [0.15, 0.2) is 0 Å². The summed E-state index contributed by atoms with van der Waals surface area (Å²) in [6.07, 6.45) is 13.2. The highest BCUT2D eigenvalue weighted by molar-refractivity contribution is 7.47. The molecule has 10 heteroatoms. The summed E-state index contributed by atoms with van der Waals surface area (Å²) < 4.78 is 33.2. The normalized spacial score (nSPS) is 14.3. The fraction of sp³-hybridized carbons (Fsp3) is 0.923. The fourth-order valence-corrected chi connectivity index (χ4v) is 4.14. The van der Waals surface area contributed by atoms with E-state index < -0.39 is 26.5 Å². The number of phosphoric acid groups is 1. The van der Waals surface area contributed by atoms with Crippen molar-refractivity contribution in [1.29, 1.82) is 0 Å². The lowest BCUT2D eigenvalue weighted by atomic mass is 10.1. The molecular weight excluding hydrogens is 485 g/mol. The van der Waals surface area contributed by atoms with E-state index in [2.05, 4.69) is 6.92 Å². The molecule has 0 aromatic heterocycles. The van der Waals surface area contributed by atoms with Crippen LogP contribution in [0.2, 0.25) is 0 Å². The Bertz CT molecular complexity index is 624. The first kappa shape index (κ1) is 35.0. The maximum atomic E-state index is 12.1. The van der Waals surface area contributed by atoms with E-state index in [4.69, 9.17) is 18.5 Å². The highest BCUT2D eigenvalue weighted by atomic mass is 31.2. The summed E-state index contributed by atoms with van der Waals surface area (Å²) >= 11 is 0. The van der Waals surface area contributed by atoms with Gasteiger partial charge in [-0.2, -0.15) is 0 Å². The molecule has 0 fully saturated rings. The summed E-state index contributed by atoms with van der Waals surface area (Å²) in [4.78, 5) is 33.9.